The summed E-state index contributed by atoms with van der Waals surface area (Å²) in [6.07, 6.45) is 3.54. The molecule has 0 atom stereocenters. The van der Waals surface area contributed by atoms with Crippen molar-refractivity contribution in [3.05, 3.63) is 54.1 Å². The lowest BCUT2D eigenvalue weighted by Crippen LogP contribution is -2.31. The molecule has 0 aliphatic carbocycles. The average Bonchev–Trinajstić information content (AvgIpc) is 2.77. The summed E-state index contributed by atoms with van der Waals surface area (Å²) >= 11 is 0. The number of nitrogens with two attached hydrogens (primary N) is 1. The SMILES string of the molecule is NNC(=O)c1cccn1Cc1ccccn1. The first-order valence-electron chi connectivity index (χ1n) is 4.87. The van der Waals surface area contributed by atoms with Crippen LogP contribution in [0, 0.1) is 0 Å². The van der Waals surface area contributed by atoms with Crippen molar-refractivity contribution in [2.24, 2.45) is 5.84 Å². The van der Waals surface area contributed by atoms with Gasteiger partial charge in [0.25, 0.3) is 5.91 Å². The summed E-state index contributed by atoms with van der Waals surface area (Å²) in [5.41, 5.74) is 3.53. The van der Waals surface area contributed by atoms with E-state index >= 15 is 0 Å². The number of hydrogen-bond acceptors (Lipinski definition) is 3. The molecular formula is C11H12N4O. The molecule has 0 radical (unpaired) electrons. The van der Waals surface area contributed by atoms with Crippen molar-refractivity contribution in [3.8, 4) is 0 Å². The fourth-order valence-corrected chi connectivity index (χ4v) is 1.50. The van der Waals surface area contributed by atoms with Crippen LogP contribution in [0.15, 0.2) is 42.7 Å². The van der Waals surface area contributed by atoms with Crippen LogP contribution in [-0.4, -0.2) is 15.5 Å². The second-order valence-electron chi connectivity index (χ2n) is 3.32. The van der Waals surface area contributed by atoms with E-state index in [-0.39, 0.29) is 5.91 Å². The molecule has 0 saturated heterocycles. The first-order valence-corrected chi connectivity index (χ1v) is 4.87. The monoisotopic (exact) mass is 216 g/mol. The van der Waals surface area contributed by atoms with Crippen LogP contribution in [-0.2, 0) is 6.54 Å². The van der Waals surface area contributed by atoms with Gasteiger partial charge in [0.1, 0.15) is 5.69 Å². The molecule has 0 unspecified atom stereocenters. The number of nitrogens with one attached hydrogen (secondary N) is 1. The van der Waals surface area contributed by atoms with Gasteiger partial charge in [-0.3, -0.25) is 15.2 Å². The highest BCUT2D eigenvalue weighted by molar-refractivity contribution is 5.92. The summed E-state index contributed by atoms with van der Waals surface area (Å²) < 4.78 is 1.80. The van der Waals surface area contributed by atoms with Crippen LogP contribution in [0.4, 0.5) is 0 Å². The largest absolute Gasteiger partial charge is 0.337 e. The van der Waals surface area contributed by atoms with Crippen molar-refractivity contribution in [1.29, 1.82) is 0 Å². The summed E-state index contributed by atoms with van der Waals surface area (Å²) in [5.74, 6) is 4.79. The van der Waals surface area contributed by atoms with E-state index in [9.17, 15) is 4.79 Å². The minimum atomic E-state index is -0.305. The molecule has 0 bridgehead atoms. The predicted molar refractivity (Wildman–Crippen MR) is 59.4 cm³/mol. The van der Waals surface area contributed by atoms with E-state index in [0.717, 1.165) is 5.69 Å². The zero-order valence-electron chi connectivity index (χ0n) is 8.63. The third kappa shape index (κ3) is 2.09. The average molecular weight is 216 g/mol. The van der Waals surface area contributed by atoms with Crippen molar-refractivity contribution in [2.75, 3.05) is 0 Å². The number of nitrogen functional groups attached to an aromatic ring is 1. The Morgan fingerprint density at radius 3 is 2.94 bits per heavy atom. The molecule has 1 amide bonds. The third-order valence-corrected chi connectivity index (χ3v) is 2.25. The van der Waals surface area contributed by atoms with Crippen molar-refractivity contribution in [3.63, 3.8) is 0 Å². The molecule has 16 heavy (non-hydrogen) atoms. The highest BCUT2D eigenvalue weighted by Crippen LogP contribution is 2.05. The standard InChI is InChI=1S/C11H12N4O/c12-14-11(16)10-5-3-7-15(10)8-9-4-1-2-6-13-9/h1-7H,8,12H2,(H,14,16). The Labute approximate surface area is 92.9 Å². The number of carbonyl (C=O) groups excluding carboxylic acids is 1. The van der Waals surface area contributed by atoms with Gasteiger partial charge in [-0.15, -0.1) is 0 Å². The van der Waals surface area contributed by atoms with Gasteiger partial charge in [-0.2, -0.15) is 0 Å². The van der Waals surface area contributed by atoms with Gasteiger partial charge in [-0.05, 0) is 24.3 Å². The van der Waals surface area contributed by atoms with Gasteiger partial charge in [0, 0.05) is 12.4 Å². The molecule has 0 aliphatic rings. The smallest absolute Gasteiger partial charge is 0.281 e. The molecule has 5 heteroatoms. The van der Waals surface area contributed by atoms with Crippen LogP contribution in [0.25, 0.3) is 0 Å². The number of carbonyl (C=O) groups is 1. The fourth-order valence-electron chi connectivity index (χ4n) is 1.50. The van der Waals surface area contributed by atoms with Gasteiger partial charge in [0.05, 0.1) is 12.2 Å². The Morgan fingerprint density at radius 2 is 2.25 bits per heavy atom. The van der Waals surface area contributed by atoms with Crippen LogP contribution < -0.4 is 11.3 Å². The lowest BCUT2D eigenvalue weighted by atomic mass is 10.3. The molecule has 5 nitrogen and oxygen atoms in total. The lowest BCUT2D eigenvalue weighted by molar-refractivity contribution is 0.0945. The van der Waals surface area contributed by atoms with Gasteiger partial charge in [0.15, 0.2) is 0 Å². The number of rotatable bonds is 3. The van der Waals surface area contributed by atoms with E-state index in [1.165, 1.54) is 0 Å². The second kappa shape index (κ2) is 4.59. The highest BCUT2D eigenvalue weighted by Gasteiger charge is 2.09. The van der Waals surface area contributed by atoms with Crippen LogP contribution in [0.5, 0.6) is 0 Å². The van der Waals surface area contributed by atoms with Crippen molar-refractivity contribution < 1.29 is 4.79 Å². The van der Waals surface area contributed by atoms with Crippen LogP contribution in [0.2, 0.25) is 0 Å². The molecule has 0 spiro atoms. The van der Waals surface area contributed by atoms with Crippen molar-refractivity contribution in [2.45, 2.75) is 6.54 Å². The van der Waals surface area contributed by atoms with E-state index in [4.69, 9.17) is 5.84 Å². The van der Waals surface area contributed by atoms with Crippen LogP contribution >= 0.6 is 0 Å². The maximum atomic E-state index is 11.4. The van der Waals surface area contributed by atoms with E-state index in [1.54, 1.807) is 22.9 Å². The van der Waals surface area contributed by atoms with Gasteiger partial charge in [0.2, 0.25) is 0 Å². The van der Waals surface area contributed by atoms with Crippen LogP contribution in [0.1, 0.15) is 16.2 Å². The predicted octanol–water partition coefficient (Wildman–Crippen LogP) is 0.535. The first-order chi connectivity index (χ1) is 7.81. The number of hydrogen-bond donors (Lipinski definition) is 2. The second-order valence-corrected chi connectivity index (χ2v) is 3.32. The van der Waals surface area contributed by atoms with Gasteiger partial charge < -0.3 is 4.57 Å². The van der Waals surface area contributed by atoms with Gasteiger partial charge in [-0.1, -0.05) is 6.07 Å². The molecule has 2 aromatic rings. The number of amides is 1. The molecule has 2 aromatic heterocycles. The van der Waals surface area contributed by atoms with E-state index in [0.29, 0.717) is 12.2 Å². The molecule has 0 aliphatic heterocycles. The molecular weight excluding hydrogens is 204 g/mol. The Balaban J connectivity index is 2.22. The maximum absolute atomic E-state index is 11.4. The molecule has 3 N–H and O–H groups in total. The maximum Gasteiger partial charge on any atom is 0.281 e. The topological polar surface area (TPSA) is 72.9 Å². The number of nitrogens with zero attached hydrogens (tertiary/aromatic N) is 2. The Kier molecular flexibility index (Phi) is 2.98. The summed E-state index contributed by atoms with van der Waals surface area (Å²) in [7, 11) is 0. The fraction of sp³-hybridized carbons (Fsp3) is 0.0909. The van der Waals surface area contributed by atoms with Gasteiger partial charge in [-0.25, -0.2) is 5.84 Å². The lowest BCUT2D eigenvalue weighted by Gasteiger charge is -2.07. The minimum Gasteiger partial charge on any atom is -0.337 e. The molecule has 2 heterocycles. The Hall–Kier alpha value is -2.14. The number of pyridine rings is 1. The zero-order valence-corrected chi connectivity index (χ0v) is 8.63. The third-order valence-electron chi connectivity index (χ3n) is 2.25. The highest BCUT2D eigenvalue weighted by atomic mass is 16.2. The normalized spacial score (nSPS) is 10.1. The Morgan fingerprint density at radius 1 is 1.38 bits per heavy atom. The first kappa shape index (κ1) is 10.4. The van der Waals surface area contributed by atoms with E-state index in [2.05, 4.69) is 10.4 Å². The van der Waals surface area contributed by atoms with E-state index in [1.807, 2.05) is 24.4 Å². The summed E-state index contributed by atoms with van der Waals surface area (Å²) in [6, 6.07) is 9.18. The molecule has 82 valence electrons. The van der Waals surface area contributed by atoms with Crippen LogP contribution in [0.3, 0.4) is 0 Å². The van der Waals surface area contributed by atoms with E-state index < -0.39 is 0 Å². The Bertz CT molecular complexity index is 478. The van der Waals surface area contributed by atoms with Crippen molar-refractivity contribution in [1.82, 2.24) is 15.0 Å². The molecule has 0 fully saturated rings. The molecule has 0 saturated carbocycles. The minimum absolute atomic E-state index is 0.305. The molecule has 2 rings (SSSR count). The van der Waals surface area contributed by atoms with Crippen molar-refractivity contribution >= 4 is 5.91 Å². The quantitative estimate of drug-likeness (QED) is 0.446. The summed E-state index contributed by atoms with van der Waals surface area (Å²) in [6.45, 7) is 0.552. The summed E-state index contributed by atoms with van der Waals surface area (Å²) in [4.78, 5) is 15.6. The molecule has 0 aromatic carbocycles. The van der Waals surface area contributed by atoms with Gasteiger partial charge >= 0.3 is 0 Å². The summed E-state index contributed by atoms with van der Waals surface area (Å²) in [5, 5.41) is 0. The number of aromatic nitrogens is 2. The zero-order chi connectivity index (χ0) is 11.4. The number of hydrazine groups is 1.